The SMILES string of the molecule is CC[C@H](NC[C@@H](CC(=O)OC(C)(C)C)Cc1cscn1)C(=O)NCC1CC1. The Morgan fingerprint density at radius 1 is 1.37 bits per heavy atom. The van der Waals surface area contributed by atoms with Crippen LogP contribution in [0.4, 0.5) is 0 Å². The highest BCUT2D eigenvalue weighted by Crippen LogP contribution is 2.27. The lowest BCUT2D eigenvalue weighted by atomic mass is 9.98. The molecule has 1 aromatic rings. The average molecular weight is 396 g/mol. The average Bonchev–Trinajstić information content (AvgIpc) is 3.26. The van der Waals surface area contributed by atoms with Crippen molar-refractivity contribution in [1.82, 2.24) is 15.6 Å². The van der Waals surface area contributed by atoms with E-state index in [1.54, 1.807) is 16.8 Å². The van der Waals surface area contributed by atoms with Gasteiger partial charge in [0, 0.05) is 18.3 Å². The third-order valence-corrected chi connectivity index (χ3v) is 5.13. The van der Waals surface area contributed by atoms with Gasteiger partial charge in [-0.1, -0.05) is 6.92 Å². The highest BCUT2D eigenvalue weighted by atomic mass is 32.1. The third-order valence-electron chi connectivity index (χ3n) is 4.50. The fourth-order valence-electron chi connectivity index (χ4n) is 2.89. The fraction of sp³-hybridized carbons (Fsp3) is 0.750. The van der Waals surface area contributed by atoms with Crippen LogP contribution in [0.25, 0.3) is 0 Å². The number of hydrogen-bond donors (Lipinski definition) is 2. The molecule has 7 heteroatoms. The molecule has 1 heterocycles. The van der Waals surface area contributed by atoms with Gasteiger partial charge >= 0.3 is 5.97 Å². The number of ether oxygens (including phenoxy) is 1. The predicted molar refractivity (Wildman–Crippen MR) is 108 cm³/mol. The summed E-state index contributed by atoms with van der Waals surface area (Å²) >= 11 is 1.55. The first-order valence-corrected chi connectivity index (χ1v) is 10.8. The lowest BCUT2D eigenvalue weighted by Crippen LogP contribution is -2.46. The number of amides is 1. The zero-order valence-electron chi connectivity index (χ0n) is 16.9. The van der Waals surface area contributed by atoms with Gasteiger partial charge in [0.25, 0.3) is 0 Å². The molecule has 0 bridgehead atoms. The zero-order chi connectivity index (χ0) is 19.9. The van der Waals surface area contributed by atoms with Crippen molar-refractivity contribution < 1.29 is 14.3 Å². The third kappa shape index (κ3) is 8.84. The van der Waals surface area contributed by atoms with Crippen LogP contribution in [0, 0.1) is 11.8 Å². The van der Waals surface area contributed by atoms with Crippen LogP contribution in [0.5, 0.6) is 0 Å². The monoisotopic (exact) mass is 395 g/mol. The van der Waals surface area contributed by atoms with Gasteiger partial charge in [0.1, 0.15) is 5.60 Å². The molecule has 1 aliphatic carbocycles. The maximum Gasteiger partial charge on any atom is 0.306 e. The molecule has 1 amide bonds. The van der Waals surface area contributed by atoms with E-state index < -0.39 is 5.60 Å². The van der Waals surface area contributed by atoms with E-state index in [0.717, 1.165) is 12.2 Å². The van der Waals surface area contributed by atoms with Crippen molar-refractivity contribution in [2.45, 2.75) is 71.4 Å². The van der Waals surface area contributed by atoms with Crippen LogP contribution in [0.1, 0.15) is 59.1 Å². The number of rotatable bonds is 11. The van der Waals surface area contributed by atoms with E-state index in [0.29, 0.717) is 31.7 Å². The minimum absolute atomic E-state index is 0.0345. The molecule has 2 atom stereocenters. The summed E-state index contributed by atoms with van der Waals surface area (Å²) in [7, 11) is 0. The summed E-state index contributed by atoms with van der Waals surface area (Å²) in [5.74, 6) is 0.535. The van der Waals surface area contributed by atoms with Crippen molar-refractivity contribution >= 4 is 23.2 Å². The van der Waals surface area contributed by atoms with Gasteiger partial charge in [-0.25, -0.2) is 4.98 Å². The lowest BCUT2D eigenvalue weighted by Gasteiger charge is -2.24. The molecule has 2 N–H and O–H groups in total. The summed E-state index contributed by atoms with van der Waals surface area (Å²) in [5, 5.41) is 8.38. The first-order valence-electron chi connectivity index (χ1n) is 9.86. The van der Waals surface area contributed by atoms with Gasteiger partial charge in [-0.15, -0.1) is 11.3 Å². The minimum atomic E-state index is -0.496. The standard InChI is InChI=1S/C20H33N3O3S/c1-5-17(19(25)22-10-14-6-7-14)21-11-15(8-16-12-27-13-23-16)9-18(24)26-20(2,3)4/h12-15,17,21H,5-11H2,1-4H3,(H,22,25)/t15-,17+/m1/s1. The molecule has 0 unspecified atom stereocenters. The first kappa shape index (κ1) is 21.8. The molecule has 1 aromatic heterocycles. The van der Waals surface area contributed by atoms with E-state index in [1.165, 1.54) is 12.8 Å². The second-order valence-corrected chi connectivity index (χ2v) is 9.12. The Morgan fingerprint density at radius 3 is 2.67 bits per heavy atom. The second-order valence-electron chi connectivity index (χ2n) is 8.40. The molecule has 0 aromatic carbocycles. The molecule has 1 saturated carbocycles. The zero-order valence-corrected chi connectivity index (χ0v) is 17.7. The molecule has 1 fully saturated rings. The van der Waals surface area contributed by atoms with Gasteiger partial charge in [-0.05, 0) is 64.8 Å². The van der Waals surface area contributed by atoms with Crippen LogP contribution >= 0.6 is 11.3 Å². The Bertz CT molecular complexity index is 594. The van der Waals surface area contributed by atoms with E-state index in [4.69, 9.17) is 4.74 Å². The van der Waals surface area contributed by atoms with Crippen molar-refractivity contribution in [1.29, 1.82) is 0 Å². The van der Waals surface area contributed by atoms with Crippen LogP contribution < -0.4 is 10.6 Å². The number of nitrogens with zero attached hydrogens (tertiary/aromatic N) is 1. The van der Waals surface area contributed by atoms with Crippen molar-refractivity contribution in [2.75, 3.05) is 13.1 Å². The largest absolute Gasteiger partial charge is 0.460 e. The van der Waals surface area contributed by atoms with E-state index in [9.17, 15) is 9.59 Å². The molecule has 0 radical (unpaired) electrons. The van der Waals surface area contributed by atoms with Crippen LogP contribution in [0.3, 0.4) is 0 Å². The van der Waals surface area contributed by atoms with Gasteiger partial charge in [0.2, 0.25) is 5.91 Å². The number of thiazole rings is 1. The van der Waals surface area contributed by atoms with Crippen LogP contribution in [0.2, 0.25) is 0 Å². The molecule has 2 rings (SSSR count). The topological polar surface area (TPSA) is 80.3 Å². The second kappa shape index (κ2) is 10.2. The molecule has 0 aliphatic heterocycles. The Morgan fingerprint density at radius 2 is 2.11 bits per heavy atom. The number of nitrogens with one attached hydrogen (secondary N) is 2. The number of aromatic nitrogens is 1. The van der Waals surface area contributed by atoms with Crippen LogP contribution in [0.15, 0.2) is 10.9 Å². The van der Waals surface area contributed by atoms with Gasteiger partial charge in [0.05, 0.1) is 17.2 Å². The van der Waals surface area contributed by atoms with E-state index in [2.05, 4.69) is 15.6 Å². The number of hydrogen-bond acceptors (Lipinski definition) is 6. The highest BCUT2D eigenvalue weighted by Gasteiger charge is 2.25. The molecular weight excluding hydrogens is 362 g/mol. The summed E-state index contributed by atoms with van der Waals surface area (Å²) in [6.45, 7) is 8.96. The maximum absolute atomic E-state index is 12.4. The molecule has 6 nitrogen and oxygen atoms in total. The number of esters is 1. The first-order chi connectivity index (χ1) is 12.8. The Labute approximate surface area is 166 Å². The highest BCUT2D eigenvalue weighted by molar-refractivity contribution is 7.07. The van der Waals surface area contributed by atoms with Crippen molar-refractivity contribution in [3.8, 4) is 0 Å². The van der Waals surface area contributed by atoms with E-state index in [1.807, 2.05) is 33.1 Å². The molecule has 152 valence electrons. The molecule has 27 heavy (non-hydrogen) atoms. The molecule has 0 saturated heterocycles. The molecule has 1 aliphatic rings. The summed E-state index contributed by atoms with van der Waals surface area (Å²) in [5.41, 5.74) is 2.28. The van der Waals surface area contributed by atoms with Crippen LogP contribution in [-0.4, -0.2) is 41.6 Å². The van der Waals surface area contributed by atoms with Gasteiger partial charge in [-0.3, -0.25) is 9.59 Å². The Balaban J connectivity index is 1.88. The van der Waals surface area contributed by atoms with Crippen molar-refractivity contribution in [3.63, 3.8) is 0 Å². The van der Waals surface area contributed by atoms with E-state index in [-0.39, 0.29) is 23.8 Å². The normalized spacial score (nSPS) is 16.6. The van der Waals surface area contributed by atoms with Crippen LogP contribution in [-0.2, 0) is 20.7 Å². The molecule has 0 spiro atoms. The maximum atomic E-state index is 12.4. The number of carbonyl (C=O) groups excluding carboxylic acids is 2. The summed E-state index contributed by atoms with van der Waals surface area (Å²) in [4.78, 5) is 29.0. The van der Waals surface area contributed by atoms with Crippen molar-refractivity contribution in [2.24, 2.45) is 11.8 Å². The smallest absolute Gasteiger partial charge is 0.306 e. The van der Waals surface area contributed by atoms with Gasteiger partial charge < -0.3 is 15.4 Å². The minimum Gasteiger partial charge on any atom is -0.460 e. The predicted octanol–water partition coefficient (Wildman–Crippen LogP) is 2.93. The Hall–Kier alpha value is -1.47. The molecular formula is C20H33N3O3S. The lowest BCUT2D eigenvalue weighted by molar-refractivity contribution is -0.155. The van der Waals surface area contributed by atoms with Crippen molar-refractivity contribution in [3.05, 3.63) is 16.6 Å². The fourth-order valence-corrected chi connectivity index (χ4v) is 3.46. The quantitative estimate of drug-likeness (QED) is 0.563. The summed E-state index contributed by atoms with van der Waals surface area (Å²) in [6.07, 6.45) is 4.15. The van der Waals surface area contributed by atoms with Gasteiger partial charge in [-0.2, -0.15) is 0 Å². The summed E-state index contributed by atoms with van der Waals surface area (Å²) < 4.78 is 5.48. The number of carbonyl (C=O) groups is 2. The summed E-state index contributed by atoms with van der Waals surface area (Å²) in [6, 6.07) is -0.236. The Kier molecular flexibility index (Phi) is 8.23. The van der Waals surface area contributed by atoms with Gasteiger partial charge in [0.15, 0.2) is 0 Å². The van der Waals surface area contributed by atoms with E-state index >= 15 is 0 Å².